The van der Waals surface area contributed by atoms with Crippen molar-refractivity contribution in [3.05, 3.63) is 47.2 Å². The summed E-state index contributed by atoms with van der Waals surface area (Å²) >= 11 is 0. The molecular formula is C14H13F2N3. The minimum Gasteiger partial charge on any atom is -0.294 e. The summed E-state index contributed by atoms with van der Waals surface area (Å²) in [5, 5.41) is 0. The number of rotatable bonds is 3. The van der Waals surface area contributed by atoms with E-state index in [-0.39, 0.29) is 12.0 Å². The molecular weight excluding hydrogens is 248 g/mol. The number of hydrogen-bond donors (Lipinski definition) is 0. The molecule has 0 unspecified atom stereocenters. The summed E-state index contributed by atoms with van der Waals surface area (Å²) in [6.07, 6.45) is 3.55. The van der Waals surface area contributed by atoms with Gasteiger partial charge in [-0.15, -0.1) is 0 Å². The van der Waals surface area contributed by atoms with Crippen molar-refractivity contribution in [2.75, 3.05) is 7.05 Å². The van der Waals surface area contributed by atoms with E-state index in [1.165, 1.54) is 12.1 Å². The number of hydrogen-bond acceptors (Lipinski definition) is 3. The van der Waals surface area contributed by atoms with Gasteiger partial charge in [0.25, 0.3) is 0 Å². The van der Waals surface area contributed by atoms with Gasteiger partial charge >= 0.3 is 0 Å². The van der Waals surface area contributed by atoms with Gasteiger partial charge in [0.05, 0.1) is 5.70 Å². The molecule has 0 N–H and O–H groups in total. The van der Waals surface area contributed by atoms with Gasteiger partial charge in [-0.05, 0) is 18.6 Å². The third kappa shape index (κ3) is 2.81. The Morgan fingerprint density at radius 3 is 2.74 bits per heavy atom. The lowest BCUT2D eigenvalue weighted by molar-refractivity contribution is 0.502. The molecule has 0 atom stereocenters. The summed E-state index contributed by atoms with van der Waals surface area (Å²) in [5.41, 5.74) is 1.57. The van der Waals surface area contributed by atoms with Crippen molar-refractivity contribution in [3.63, 3.8) is 0 Å². The lowest BCUT2D eigenvalue weighted by Gasteiger charge is -2.01. The highest BCUT2D eigenvalue weighted by atomic mass is 19.2. The normalized spacial score (nSPS) is 17.2. The molecule has 0 saturated heterocycles. The Balaban J connectivity index is 2.28. The summed E-state index contributed by atoms with van der Waals surface area (Å²) in [6.45, 7) is 1.84. The Bertz CT molecular complexity index is 613. The molecule has 0 amide bonds. The van der Waals surface area contributed by atoms with E-state index in [1.54, 1.807) is 19.3 Å². The molecule has 0 aromatic heterocycles. The van der Waals surface area contributed by atoms with Crippen LogP contribution >= 0.6 is 0 Å². The first-order chi connectivity index (χ1) is 9.15. The highest BCUT2D eigenvalue weighted by Gasteiger charge is 2.16. The van der Waals surface area contributed by atoms with E-state index in [4.69, 9.17) is 0 Å². The molecule has 0 radical (unpaired) electrons. The molecule has 0 bridgehead atoms. The Labute approximate surface area is 110 Å². The minimum atomic E-state index is -0.860. The fourth-order valence-corrected chi connectivity index (χ4v) is 1.78. The molecule has 0 fully saturated rings. The predicted octanol–water partition coefficient (Wildman–Crippen LogP) is 2.96. The Morgan fingerprint density at radius 1 is 1.26 bits per heavy atom. The first kappa shape index (κ1) is 13.3. The van der Waals surface area contributed by atoms with Gasteiger partial charge in [0.2, 0.25) is 0 Å². The molecule has 1 aromatic rings. The average molecular weight is 261 g/mol. The molecule has 1 aliphatic rings. The molecule has 2 rings (SSSR count). The monoisotopic (exact) mass is 261 g/mol. The molecule has 98 valence electrons. The number of aliphatic imine (C=N–C) groups is 3. The van der Waals surface area contributed by atoms with Gasteiger partial charge in [-0.3, -0.25) is 4.99 Å². The number of benzene rings is 1. The van der Waals surface area contributed by atoms with Crippen molar-refractivity contribution < 1.29 is 8.78 Å². The molecule has 19 heavy (non-hydrogen) atoms. The molecule has 1 heterocycles. The number of allylic oxidation sites excluding steroid dienone is 2. The maximum Gasteiger partial charge on any atom is 0.162 e. The number of amidine groups is 1. The average Bonchev–Trinajstić information content (AvgIpc) is 2.77. The van der Waals surface area contributed by atoms with Crippen LogP contribution in [0.1, 0.15) is 12.5 Å². The molecule has 5 heteroatoms. The molecule has 0 aliphatic carbocycles. The quantitative estimate of drug-likeness (QED) is 0.750. The van der Waals surface area contributed by atoms with Gasteiger partial charge < -0.3 is 0 Å². The zero-order valence-corrected chi connectivity index (χ0v) is 10.7. The van der Waals surface area contributed by atoms with Crippen molar-refractivity contribution in [3.8, 4) is 0 Å². The van der Waals surface area contributed by atoms with E-state index in [9.17, 15) is 8.78 Å². The fraction of sp³-hybridized carbons (Fsp3) is 0.214. The molecule has 0 spiro atoms. The summed E-state index contributed by atoms with van der Waals surface area (Å²) in [7, 11) is 1.64. The Hall–Kier alpha value is -2.17. The first-order valence-electron chi connectivity index (χ1n) is 5.83. The molecule has 3 nitrogen and oxygen atoms in total. The third-order valence-corrected chi connectivity index (χ3v) is 2.67. The van der Waals surface area contributed by atoms with E-state index in [0.29, 0.717) is 17.2 Å². The summed E-state index contributed by atoms with van der Waals surface area (Å²) in [6, 6.07) is 4.08. The fourth-order valence-electron chi connectivity index (χ4n) is 1.78. The number of nitrogens with zero attached hydrogens (tertiary/aromatic N) is 3. The van der Waals surface area contributed by atoms with Gasteiger partial charge in [0.15, 0.2) is 11.6 Å². The van der Waals surface area contributed by atoms with Crippen molar-refractivity contribution in [2.45, 2.75) is 13.3 Å². The van der Waals surface area contributed by atoms with Crippen molar-refractivity contribution in [2.24, 2.45) is 15.0 Å². The van der Waals surface area contributed by atoms with Crippen LogP contribution in [0.3, 0.4) is 0 Å². The van der Waals surface area contributed by atoms with Crippen LogP contribution in [-0.4, -0.2) is 24.8 Å². The highest BCUT2D eigenvalue weighted by Crippen LogP contribution is 2.16. The van der Waals surface area contributed by atoms with E-state index in [1.807, 2.05) is 6.92 Å². The van der Waals surface area contributed by atoms with Crippen LogP contribution in [0.15, 0.2) is 44.9 Å². The molecule has 0 saturated carbocycles. The maximum absolute atomic E-state index is 13.6. The number of halogens is 2. The van der Waals surface area contributed by atoms with Crippen molar-refractivity contribution >= 4 is 17.8 Å². The van der Waals surface area contributed by atoms with Gasteiger partial charge in [0, 0.05) is 19.7 Å². The second-order valence-corrected chi connectivity index (χ2v) is 3.98. The second-order valence-electron chi connectivity index (χ2n) is 3.98. The van der Waals surface area contributed by atoms with E-state index < -0.39 is 11.6 Å². The van der Waals surface area contributed by atoms with Crippen LogP contribution in [0.2, 0.25) is 0 Å². The van der Waals surface area contributed by atoms with Crippen LogP contribution in [-0.2, 0) is 6.42 Å². The first-order valence-corrected chi connectivity index (χ1v) is 5.83. The Morgan fingerprint density at radius 2 is 2.05 bits per heavy atom. The summed E-state index contributed by atoms with van der Waals surface area (Å²) < 4.78 is 26.7. The van der Waals surface area contributed by atoms with Gasteiger partial charge in [-0.1, -0.05) is 18.2 Å². The summed E-state index contributed by atoms with van der Waals surface area (Å²) in [5.74, 6) is -1.26. The Kier molecular flexibility index (Phi) is 3.94. The standard InChI is InChI=1S/C14H13F2N3/c1-3-11-12(8-17-2)19-13(18-11)7-9-5-4-6-10(15)14(9)16/h3-6,8H,7H2,1-2H3/b11-3+,17-8?. The maximum atomic E-state index is 13.6. The SMILES string of the molecule is C/C=C1/N=C(Cc2cccc(F)c2F)N=C1C=NC. The van der Waals surface area contributed by atoms with Gasteiger partial charge in [0.1, 0.15) is 11.5 Å². The molecule has 1 aromatic carbocycles. The van der Waals surface area contributed by atoms with E-state index in [2.05, 4.69) is 15.0 Å². The smallest absolute Gasteiger partial charge is 0.162 e. The largest absolute Gasteiger partial charge is 0.294 e. The summed E-state index contributed by atoms with van der Waals surface area (Å²) in [4.78, 5) is 12.4. The molecule has 1 aliphatic heterocycles. The second kappa shape index (κ2) is 5.65. The lowest BCUT2D eigenvalue weighted by Crippen LogP contribution is -2.02. The van der Waals surface area contributed by atoms with Crippen molar-refractivity contribution in [1.29, 1.82) is 0 Å². The minimum absolute atomic E-state index is 0.155. The third-order valence-electron chi connectivity index (χ3n) is 2.67. The van der Waals surface area contributed by atoms with Crippen LogP contribution in [0, 0.1) is 11.6 Å². The highest BCUT2D eigenvalue weighted by molar-refractivity contribution is 6.41. The van der Waals surface area contributed by atoms with E-state index >= 15 is 0 Å². The zero-order valence-electron chi connectivity index (χ0n) is 10.7. The van der Waals surface area contributed by atoms with Crippen LogP contribution in [0.4, 0.5) is 8.78 Å². The van der Waals surface area contributed by atoms with Crippen LogP contribution in [0.25, 0.3) is 0 Å². The van der Waals surface area contributed by atoms with Crippen LogP contribution < -0.4 is 0 Å². The zero-order chi connectivity index (χ0) is 13.8. The van der Waals surface area contributed by atoms with Gasteiger partial charge in [-0.25, -0.2) is 18.8 Å². The van der Waals surface area contributed by atoms with Crippen molar-refractivity contribution in [1.82, 2.24) is 0 Å². The lowest BCUT2D eigenvalue weighted by atomic mass is 10.1. The van der Waals surface area contributed by atoms with E-state index in [0.717, 1.165) is 6.07 Å². The topological polar surface area (TPSA) is 37.1 Å². The predicted molar refractivity (Wildman–Crippen MR) is 73.1 cm³/mol. The van der Waals surface area contributed by atoms with Crippen LogP contribution in [0.5, 0.6) is 0 Å². The van der Waals surface area contributed by atoms with Gasteiger partial charge in [-0.2, -0.15) is 0 Å².